The molecule has 0 aliphatic carbocycles. The topological polar surface area (TPSA) is 89.3 Å². The van der Waals surface area contributed by atoms with Crippen LogP contribution in [0.2, 0.25) is 0 Å². The number of nitro groups is 1. The van der Waals surface area contributed by atoms with Crippen LogP contribution < -0.4 is 4.74 Å². The normalized spacial score (nSPS) is 11.3. The Balaban J connectivity index is 1.70. The highest BCUT2D eigenvalue weighted by Crippen LogP contribution is 2.35. The third kappa shape index (κ3) is 3.64. The van der Waals surface area contributed by atoms with E-state index in [2.05, 4.69) is 6.07 Å². The van der Waals surface area contributed by atoms with E-state index in [1.165, 1.54) is 19.2 Å². The molecule has 0 amide bonds. The lowest BCUT2D eigenvalue weighted by Gasteiger charge is -2.05. The summed E-state index contributed by atoms with van der Waals surface area (Å²) in [4.78, 5) is 10.5. The maximum atomic E-state index is 11.0. The van der Waals surface area contributed by atoms with Crippen LogP contribution in [0.3, 0.4) is 0 Å². The van der Waals surface area contributed by atoms with Gasteiger partial charge in [-0.05, 0) is 46.7 Å². The van der Waals surface area contributed by atoms with E-state index < -0.39 is 4.92 Å². The molecule has 0 spiro atoms. The minimum atomic E-state index is -0.481. The number of allylic oxidation sites excluding steroid dienone is 1. The number of ether oxygens (including phenoxy) is 1. The summed E-state index contributed by atoms with van der Waals surface area (Å²) in [5.74, 6) is 1.32. The highest BCUT2D eigenvalue weighted by atomic mass is 16.6. The van der Waals surface area contributed by atoms with Crippen molar-refractivity contribution in [2.75, 3.05) is 7.11 Å². The number of hydrogen-bond donors (Lipinski definition) is 0. The second kappa shape index (κ2) is 7.94. The Morgan fingerprint density at radius 2 is 1.87 bits per heavy atom. The van der Waals surface area contributed by atoms with Gasteiger partial charge in [0, 0.05) is 6.07 Å². The van der Waals surface area contributed by atoms with Crippen molar-refractivity contribution in [1.29, 1.82) is 5.26 Å². The van der Waals surface area contributed by atoms with Gasteiger partial charge in [-0.15, -0.1) is 0 Å². The fourth-order valence-electron chi connectivity index (χ4n) is 3.25. The summed E-state index contributed by atoms with van der Waals surface area (Å²) in [5, 5.41) is 22.8. The number of fused-ring (bicyclic) bond motifs is 1. The average molecular weight is 396 g/mol. The van der Waals surface area contributed by atoms with Gasteiger partial charge in [-0.3, -0.25) is 10.1 Å². The van der Waals surface area contributed by atoms with E-state index in [9.17, 15) is 15.4 Å². The number of benzene rings is 3. The summed E-state index contributed by atoms with van der Waals surface area (Å²) in [6.07, 6.45) is 1.67. The molecule has 1 aromatic heterocycles. The second-order valence-corrected chi connectivity index (χ2v) is 6.58. The monoisotopic (exact) mass is 396 g/mol. The fraction of sp³-hybridized carbons (Fsp3) is 0.0417. The van der Waals surface area contributed by atoms with Gasteiger partial charge in [0.15, 0.2) is 0 Å². The third-order valence-electron chi connectivity index (χ3n) is 4.76. The van der Waals surface area contributed by atoms with Crippen molar-refractivity contribution in [1.82, 2.24) is 0 Å². The van der Waals surface area contributed by atoms with Crippen LogP contribution in [-0.4, -0.2) is 12.0 Å². The van der Waals surface area contributed by atoms with Crippen molar-refractivity contribution in [3.63, 3.8) is 0 Å². The Morgan fingerprint density at radius 1 is 1.07 bits per heavy atom. The summed E-state index contributed by atoms with van der Waals surface area (Å²) in [7, 11) is 1.44. The Labute approximate surface area is 172 Å². The zero-order valence-electron chi connectivity index (χ0n) is 16.0. The number of nitro benzene ring substituents is 1. The van der Waals surface area contributed by atoms with Crippen molar-refractivity contribution in [2.24, 2.45) is 0 Å². The fourth-order valence-corrected chi connectivity index (χ4v) is 3.25. The smallest absolute Gasteiger partial charge is 0.273 e. The van der Waals surface area contributed by atoms with E-state index in [0.29, 0.717) is 28.4 Å². The average Bonchev–Trinajstić information content (AvgIpc) is 3.25. The van der Waals surface area contributed by atoms with Crippen LogP contribution in [0.5, 0.6) is 5.75 Å². The summed E-state index contributed by atoms with van der Waals surface area (Å²) in [6, 6.07) is 23.8. The summed E-state index contributed by atoms with van der Waals surface area (Å²) in [6.45, 7) is 0. The van der Waals surface area contributed by atoms with Crippen molar-refractivity contribution in [3.8, 4) is 23.1 Å². The van der Waals surface area contributed by atoms with Crippen LogP contribution in [0.1, 0.15) is 11.3 Å². The molecule has 3 aromatic carbocycles. The molecule has 146 valence electrons. The summed E-state index contributed by atoms with van der Waals surface area (Å²) >= 11 is 0. The van der Waals surface area contributed by atoms with E-state index in [1.54, 1.807) is 24.3 Å². The van der Waals surface area contributed by atoms with E-state index >= 15 is 0 Å². The van der Waals surface area contributed by atoms with Gasteiger partial charge in [0.05, 0.1) is 35.3 Å². The molecule has 4 rings (SSSR count). The van der Waals surface area contributed by atoms with E-state index in [1.807, 2.05) is 42.5 Å². The van der Waals surface area contributed by atoms with E-state index in [0.717, 1.165) is 16.3 Å². The van der Waals surface area contributed by atoms with Crippen LogP contribution in [0.4, 0.5) is 5.69 Å². The number of non-ortho nitro benzene ring substituents is 1. The van der Waals surface area contributed by atoms with Gasteiger partial charge in [-0.1, -0.05) is 36.4 Å². The first kappa shape index (κ1) is 19.0. The number of nitriles is 1. The van der Waals surface area contributed by atoms with E-state index in [-0.39, 0.29) is 5.69 Å². The minimum absolute atomic E-state index is 0.0645. The van der Waals surface area contributed by atoms with E-state index in [4.69, 9.17) is 9.15 Å². The molecule has 0 fully saturated rings. The number of furan rings is 1. The third-order valence-corrected chi connectivity index (χ3v) is 4.76. The van der Waals surface area contributed by atoms with Crippen molar-refractivity contribution < 1.29 is 14.1 Å². The number of methoxy groups -OCH3 is 1. The molecular formula is C24H16N2O4. The molecule has 0 radical (unpaired) electrons. The molecule has 0 aliphatic heterocycles. The lowest BCUT2D eigenvalue weighted by Crippen LogP contribution is -1.92. The number of rotatable bonds is 5. The van der Waals surface area contributed by atoms with Gasteiger partial charge in [0.2, 0.25) is 0 Å². The molecule has 6 nitrogen and oxygen atoms in total. The maximum absolute atomic E-state index is 11.0. The SMILES string of the molecule is COc1cc([N+](=O)[O-])ccc1-c1ccc(/C=C(/C#N)c2ccc3ccccc3c2)o1. The van der Waals surface area contributed by atoms with Gasteiger partial charge in [-0.2, -0.15) is 5.26 Å². The molecule has 0 saturated heterocycles. The molecule has 0 atom stereocenters. The summed E-state index contributed by atoms with van der Waals surface area (Å²) < 4.78 is 11.2. The molecule has 0 unspecified atom stereocenters. The predicted octanol–water partition coefficient (Wildman–Crippen LogP) is 6.08. The van der Waals surface area contributed by atoms with Gasteiger partial charge >= 0.3 is 0 Å². The second-order valence-electron chi connectivity index (χ2n) is 6.58. The first-order valence-corrected chi connectivity index (χ1v) is 9.12. The summed E-state index contributed by atoms with van der Waals surface area (Å²) in [5.41, 5.74) is 1.79. The van der Waals surface area contributed by atoms with Crippen LogP contribution in [0, 0.1) is 21.4 Å². The van der Waals surface area contributed by atoms with Crippen LogP contribution in [-0.2, 0) is 0 Å². The Morgan fingerprint density at radius 3 is 2.60 bits per heavy atom. The largest absolute Gasteiger partial charge is 0.496 e. The molecule has 6 heteroatoms. The highest BCUT2D eigenvalue weighted by molar-refractivity contribution is 5.93. The molecule has 0 saturated carbocycles. The zero-order valence-corrected chi connectivity index (χ0v) is 16.0. The molecule has 30 heavy (non-hydrogen) atoms. The van der Waals surface area contributed by atoms with Gasteiger partial charge in [0.1, 0.15) is 17.3 Å². The zero-order chi connectivity index (χ0) is 21.1. The molecule has 0 bridgehead atoms. The molecule has 1 heterocycles. The van der Waals surface area contributed by atoms with Crippen LogP contribution in [0.25, 0.3) is 33.7 Å². The quantitative estimate of drug-likeness (QED) is 0.232. The first-order chi connectivity index (χ1) is 14.6. The maximum Gasteiger partial charge on any atom is 0.273 e. The van der Waals surface area contributed by atoms with Crippen molar-refractivity contribution in [3.05, 3.63) is 94.2 Å². The van der Waals surface area contributed by atoms with Crippen LogP contribution in [0.15, 0.2) is 77.2 Å². The highest BCUT2D eigenvalue weighted by Gasteiger charge is 2.15. The van der Waals surface area contributed by atoms with Crippen molar-refractivity contribution >= 4 is 28.1 Å². The number of nitrogens with zero attached hydrogens (tertiary/aromatic N) is 2. The molecule has 0 aliphatic rings. The van der Waals surface area contributed by atoms with Gasteiger partial charge < -0.3 is 9.15 Å². The lowest BCUT2D eigenvalue weighted by atomic mass is 10.0. The number of hydrogen-bond acceptors (Lipinski definition) is 5. The Hall–Kier alpha value is -4.37. The molecular weight excluding hydrogens is 380 g/mol. The first-order valence-electron chi connectivity index (χ1n) is 9.12. The van der Waals surface area contributed by atoms with Gasteiger partial charge in [0.25, 0.3) is 5.69 Å². The predicted molar refractivity (Wildman–Crippen MR) is 115 cm³/mol. The molecule has 4 aromatic rings. The Kier molecular flexibility index (Phi) is 5.02. The molecule has 0 N–H and O–H groups in total. The lowest BCUT2D eigenvalue weighted by molar-refractivity contribution is -0.384. The standard InChI is InChI=1S/C24H16N2O4/c1-29-24-14-20(26(27)28)8-10-22(24)23-11-9-21(30-23)13-19(15-25)18-7-6-16-4-2-3-5-17(16)12-18/h2-14H,1H3/b19-13-. The van der Waals surface area contributed by atoms with Gasteiger partial charge in [-0.25, -0.2) is 0 Å². The van der Waals surface area contributed by atoms with Crippen LogP contribution >= 0.6 is 0 Å². The minimum Gasteiger partial charge on any atom is -0.496 e. The van der Waals surface area contributed by atoms with Crippen molar-refractivity contribution in [2.45, 2.75) is 0 Å². The Bertz CT molecular complexity index is 1330.